The van der Waals surface area contributed by atoms with Gasteiger partial charge in [-0.3, -0.25) is 9.59 Å². The van der Waals surface area contributed by atoms with Gasteiger partial charge in [0.2, 0.25) is 5.54 Å². The van der Waals surface area contributed by atoms with E-state index in [2.05, 4.69) is 26.1 Å². The topological polar surface area (TPSA) is 84.9 Å². The first kappa shape index (κ1) is 25.1. The molecule has 8 heteroatoms. The van der Waals surface area contributed by atoms with Gasteiger partial charge in [-0.1, -0.05) is 58.0 Å². The first-order valence-electron chi connectivity index (χ1n) is 10.8. The standard InChI is InChI=1S/C23H36N2O5Si/c1-9-29-21(28)23(20(27)24-15-17-13-11-10-12-14-17)16(2)18(19(26)25(23)6)30-31(7,8)22(3,4)5/h10-14,16,18H,9,15H2,1-8H3,(H,24,27). The molecule has 31 heavy (non-hydrogen) atoms. The fraction of sp³-hybridized carbons (Fsp3) is 0.609. The summed E-state index contributed by atoms with van der Waals surface area (Å²) in [6, 6.07) is 9.40. The second-order valence-corrected chi connectivity index (χ2v) is 14.4. The van der Waals surface area contributed by atoms with Crippen LogP contribution in [0.2, 0.25) is 18.1 Å². The molecule has 3 atom stereocenters. The molecule has 0 radical (unpaired) electrons. The molecule has 0 aliphatic carbocycles. The van der Waals surface area contributed by atoms with E-state index in [-0.39, 0.29) is 24.1 Å². The maximum absolute atomic E-state index is 13.5. The van der Waals surface area contributed by atoms with Crippen molar-refractivity contribution in [2.45, 2.75) is 70.9 Å². The van der Waals surface area contributed by atoms with Gasteiger partial charge in [0.25, 0.3) is 11.8 Å². The number of hydrogen-bond donors (Lipinski definition) is 1. The van der Waals surface area contributed by atoms with Crippen molar-refractivity contribution in [1.29, 1.82) is 0 Å². The molecule has 1 saturated heterocycles. The van der Waals surface area contributed by atoms with E-state index in [9.17, 15) is 14.4 Å². The number of rotatable bonds is 7. The molecule has 3 unspecified atom stereocenters. The molecule has 1 aliphatic heterocycles. The predicted octanol–water partition coefficient (Wildman–Crippen LogP) is 3.10. The Morgan fingerprint density at radius 2 is 1.77 bits per heavy atom. The summed E-state index contributed by atoms with van der Waals surface area (Å²) >= 11 is 0. The number of esters is 1. The molecule has 1 N–H and O–H groups in total. The zero-order valence-electron chi connectivity index (χ0n) is 19.9. The zero-order chi connectivity index (χ0) is 23.6. The minimum Gasteiger partial charge on any atom is -0.464 e. The molecule has 0 bridgehead atoms. The lowest BCUT2D eigenvalue weighted by molar-refractivity contribution is -0.166. The third-order valence-corrected chi connectivity index (χ3v) is 11.1. The number of likely N-dealkylation sites (N-methyl/N-ethyl adjacent to an activating group) is 1. The minimum atomic E-state index is -2.34. The molecular formula is C23H36N2O5Si. The van der Waals surface area contributed by atoms with Crippen LogP contribution in [0.3, 0.4) is 0 Å². The second-order valence-electron chi connectivity index (χ2n) is 9.64. The summed E-state index contributed by atoms with van der Waals surface area (Å²) in [5, 5.41) is 2.71. The van der Waals surface area contributed by atoms with Gasteiger partial charge < -0.3 is 19.4 Å². The van der Waals surface area contributed by atoms with E-state index in [1.54, 1.807) is 13.8 Å². The van der Waals surface area contributed by atoms with Gasteiger partial charge in [0.05, 0.1) is 6.61 Å². The van der Waals surface area contributed by atoms with Gasteiger partial charge in [0.1, 0.15) is 6.10 Å². The van der Waals surface area contributed by atoms with Gasteiger partial charge in [-0.05, 0) is 30.6 Å². The summed E-state index contributed by atoms with van der Waals surface area (Å²) in [5.74, 6) is -2.38. The Labute approximate surface area is 186 Å². The van der Waals surface area contributed by atoms with Gasteiger partial charge in [0.15, 0.2) is 8.32 Å². The minimum absolute atomic E-state index is 0.106. The van der Waals surface area contributed by atoms with Crippen molar-refractivity contribution in [3.8, 4) is 0 Å². The van der Waals surface area contributed by atoms with Crippen molar-refractivity contribution in [1.82, 2.24) is 10.2 Å². The van der Waals surface area contributed by atoms with Crippen molar-refractivity contribution in [3.63, 3.8) is 0 Å². The van der Waals surface area contributed by atoms with Crippen LogP contribution in [0.4, 0.5) is 0 Å². The van der Waals surface area contributed by atoms with Crippen LogP contribution >= 0.6 is 0 Å². The molecule has 0 spiro atoms. The average Bonchev–Trinajstić information content (AvgIpc) is 2.87. The van der Waals surface area contributed by atoms with Crippen LogP contribution in [-0.4, -0.2) is 56.3 Å². The monoisotopic (exact) mass is 448 g/mol. The van der Waals surface area contributed by atoms with Gasteiger partial charge in [-0.15, -0.1) is 0 Å². The molecule has 0 aromatic heterocycles. The van der Waals surface area contributed by atoms with E-state index in [0.29, 0.717) is 0 Å². The van der Waals surface area contributed by atoms with E-state index in [1.807, 2.05) is 43.4 Å². The number of hydrogen-bond acceptors (Lipinski definition) is 5. The van der Waals surface area contributed by atoms with Gasteiger partial charge >= 0.3 is 5.97 Å². The lowest BCUT2D eigenvalue weighted by atomic mass is 9.83. The summed E-state index contributed by atoms with van der Waals surface area (Å²) in [5.41, 5.74) is -0.891. The number of nitrogens with zero attached hydrogens (tertiary/aromatic N) is 1. The molecule has 1 aromatic rings. The molecule has 7 nitrogen and oxygen atoms in total. The van der Waals surface area contributed by atoms with Crippen LogP contribution in [0.1, 0.15) is 40.2 Å². The molecule has 1 aliphatic rings. The summed E-state index contributed by atoms with van der Waals surface area (Å²) in [6.45, 7) is 14.1. The van der Waals surface area contributed by atoms with Crippen molar-refractivity contribution in [2.24, 2.45) is 5.92 Å². The Morgan fingerprint density at radius 3 is 2.29 bits per heavy atom. The van der Waals surface area contributed by atoms with Gasteiger partial charge in [-0.2, -0.15) is 0 Å². The highest BCUT2D eigenvalue weighted by Crippen LogP contribution is 2.43. The number of nitrogens with one attached hydrogen (secondary N) is 1. The maximum Gasteiger partial charge on any atom is 0.342 e. The van der Waals surface area contributed by atoms with Crippen LogP contribution in [0.5, 0.6) is 0 Å². The fourth-order valence-electron chi connectivity index (χ4n) is 3.68. The second kappa shape index (κ2) is 9.12. The van der Waals surface area contributed by atoms with Crippen molar-refractivity contribution in [2.75, 3.05) is 13.7 Å². The molecule has 0 saturated carbocycles. The zero-order valence-corrected chi connectivity index (χ0v) is 20.9. The van der Waals surface area contributed by atoms with Crippen LogP contribution in [0.25, 0.3) is 0 Å². The van der Waals surface area contributed by atoms with Crippen LogP contribution in [-0.2, 0) is 30.1 Å². The van der Waals surface area contributed by atoms with Crippen molar-refractivity contribution < 1.29 is 23.5 Å². The Bertz CT molecular complexity index is 821. The Balaban J connectivity index is 2.41. The smallest absolute Gasteiger partial charge is 0.342 e. The number of carbonyl (C=O) groups excluding carboxylic acids is 3. The van der Waals surface area contributed by atoms with Crippen LogP contribution in [0.15, 0.2) is 30.3 Å². The van der Waals surface area contributed by atoms with E-state index >= 15 is 0 Å². The highest BCUT2D eigenvalue weighted by molar-refractivity contribution is 6.74. The summed E-state index contributed by atoms with van der Waals surface area (Å²) in [7, 11) is -0.857. The molecular weight excluding hydrogens is 412 g/mol. The SMILES string of the molecule is CCOC(=O)C1(C(=O)NCc2ccccc2)C(C)C(O[Si](C)(C)C(C)(C)C)C(=O)N1C. The molecule has 1 aromatic carbocycles. The number of carbonyl (C=O) groups is 3. The highest BCUT2D eigenvalue weighted by atomic mass is 28.4. The third kappa shape index (κ3) is 4.55. The van der Waals surface area contributed by atoms with E-state index < -0.39 is 37.8 Å². The number of benzene rings is 1. The molecule has 1 fully saturated rings. The number of ether oxygens (including phenoxy) is 1. The summed E-state index contributed by atoms with van der Waals surface area (Å²) in [4.78, 5) is 41.1. The van der Waals surface area contributed by atoms with Crippen LogP contribution < -0.4 is 5.32 Å². The number of amides is 2. The third-order valence-electron chi connectivity index (χ3n) is 6.67. The first-order chi connectivity index (χ1) is 14.3. The lowest BCUT2D eigenvalue weighted by Gasteiger charge is -2.39. The largest absolute Gasteiger partial charge is 0.464 e. The predicted molar refractivity (Wildman–Crippen MR) is 122 cm³/mol. The number of likely N-dealkylation sites (tertiary alicyclic amines) is 1. The average molecular weight is 449 g/mol. The first-order valence-corrected chi connectivity index (χ1v) is 13.7. The van der Waals surface area contributed by atoms with E-state index in [1.165, 1.54) is 11.9 Å². The van der Waals surface area contributed by atoms with Gasteiger partial charge in [0, 0.05) is 19.5 Å². The Morgan fingerprint density at radius 1 is 1.19 bits per heavy atom. The van der Waals surface area contributed by atoms with E-state index in [0.717, 1.165) is 5.56 Å². The summed E-state index contributed by atoms with van der Waals surface area (Å²) < 4.78 is 11.7. The molecule has 2 amide bonds. The van der Waals surface area contributed by atoms with Gasteiger partial charge in [-0.25, -0.2) is 4.79 Å². The Hall–Kier alpha value is -2.19. The van der Waals surface area contributed by atoms with Crippen molar-refractivity contribution in [3.05, 3.63) is 35.9 Å². The lowest BCUT2D eigenvalue weighted by Crippen LogP contribution is -2.63. The Kier molecular flexibility index (Phi) is 7.38. The molecule has 1 heterocycles. The fourth-order valence-corrected chi connectivity index (χ4v) is 4.97. The van der Waals surface area contributed by atoms with Crippen molar-refractivity contribution >= 4 is 26.1 Å². The highest BCUT2D eigenvalue weighted by Gasteiger charge is 2.66. The maximum atomic E-state index is 13.5. The molecule has 172 valence electrons. The quantitative estimate of drug-likeness (QED) is 0.394. The van der Waals surface area contributed by atoms with E-state index in [4.69, 9.17) is 9.16 Å². The normalized spacial score (nSPS) is 24.3. The van der Waals surface area contributed by atoms with Crippen LogP contribution in [0, 0.1) is 5.92 Å². The summed E-state index contributed by atoms with van der Waals surface area (Å²) in [6.07, 6.45) is -0.891. The molecule has 2 rings (SSSR count).